The molecule has 0 spiro atoms. The van der Waals surface area contributed by atoms with Crippen molar-refractivity contribution in [3.05, 3.63) is 34.5 Å². The quantitative estimate of drug-likeness (QED) is 0.833. The highest BCUT2D eigenvalue weighted by atomic mass is 32.1. The average Bonchev–Trinajstić information content (AvgIpc) is 3.28. The number of nitrogens with zero attached hydrogens (tertiary/aromatic N) is 4. The van der Waals surface area contributed by atoms with E-state index in [0.717, 1.165) is 38.7 Å². The molecule has 2 fully saturated rings. The fourth-order valence-electron chi connectivity index (χ4n) is 3.81. The summed E-state index contributed by atoms with van der Waals surface area (Å²) in [7, 11) is 0. The van der Waals surface area contributed by atoms with E-state index in [2.05, 4.69) is 15.4 Å². The number of morpholine rings is 1. The van der Waals surface area contributed by atoms with Crippen LogP contribution in [0.15, 0.2) is 23.8 Å². The summed E-state index contributed by atoms with van der Waals surface area (Å²) in [6.07, 6.45) is 10.8. The Bertz CT molecular complexity index is 621. The highest BCUT2D eigenvalue weighted by Gasteiger charge is 2.23. The molecule has 6 heteroatoms. The van der Waals surface area contributed by atoms with Gasteiger partial charge in [0.1, 0.15) is 0 Å². The van der Waals surface area contributed by atoms with Crippen molar-refractivity contribution in [3.63, 3.8) is 0 Å². The minimum absolute atomic E-state index is 0.218. The average molecular weight is 347 g/mol. The van der Waals surface area contributed by atoms with Gasteiger partial charge in [-0.1, -0.05) is 19.3 Å². The van der Waals surface area contributed by atoms with E-state index < -0.39 is 0 Å². The van der Waals surface area contributed by atoms with Crippen molar-refractivity contribution in [1.29, 1.82) is 0 Å². The normalized spacial score (nSPS) is 23.6. The van der Waals surface area contributed by atoms with Crippen molar-refractivity contribution in [1.82, 2.24) is 19.7 Å². The number of hydrogen-bond donors (Lipinski definition) is 0. The first-order chi connectivity index (χ1) is 11.9. The third-order valence-corrected chi connectivity index (χ3v) is 6.14. The van der Waals surface area contributed by atoms with E-state index in [-0.39, 0.29) is 6.10 Å². The van der Waals surface area contributed by atoms with E-state index in [1.807, 2.05) is 34.5 Å². The van der Waals surface area contributed by atoms with Gasteiger partial charge in [-0.2, -0.15) is 5.10 Å². The molecule has 5 nitrogen and oxygen atoms in total. The highest BCUT2D eigenvalue weighted by Crippen LogP contribution is 2.34. The molecule has 0 N–H and O–H groups in total. The molecule has 3 heterocycles. The van der Waals surface area contributed by atoms with Gasteiger partial charge in [0.05, 0.1) is 30.0 Å². The van der Waals surface area contributed by atoms with Crippen molar-refractivity contribution in [3.8, 4) is 0 Å². The second kappa shape index (κ2) is 7.76. The van der Waals surface area contributed by atoms with Crippen molar-refractivity contribution in [2.45, 2.75) is 57.2 Å². The van der Waals surface area contributed by atoms with Gasteiger partial charge >= 0.3 is 0 Å². The van der Waals surface area contributed by atoms with Crippen LogP contribution < -0.4 is 0 Å². The first kappa shape index (κ1) is 16.2. The number of hydrogen-bond acceptors (Lipinski definition) is 5. The summed E-state index contributed by atoms with van der Waals surface area (Å²) in [6, 6.07) is 1.96. The maximum Gasteiger partial charge on any atom is 0.0959 e. The van der Waals surface area contributed by atoms with Crippen LogP contribution in [-0.4, -0.2) is 45.5 Å². The third-order valence-electron chi connectivity index (χ3n) is 5.08. The Kier molecular flexibility index (Phi) is 5.25. The van der Waals surface area contributed by atoms with Crippen LogP contribution >= 0.6 is 11.3 Å². The summed E-state index contributed by atoms with van der Waals surface area (Å²) in [4.78, 5) is 7.42. The second-order valence-electron chi connectivity index (χ2n) is 6.97. The van der Waals surface area contributed by atoms with Crippen LogP contribution in [0.4, 0.5) is 0 Å². The van der Waals surface area contributed by atoms with Gasteiger partial charge in [-0.05, 0) is 18.9 Å². The van der Waals surface area contributed by atoms with Gasteiger partial charge in [0.15, 0.2) is 0 Å². The smallest absolute Gasteiger partial charge is 0.0959 e. The van der Waals surface area contributed by atoms with Crippen LogP contribution in [0.2, 0.25) is 0 Å². The molecule has 1 saturated heterocycles. The molecule has 0 bridgehead atoms. The van der Waals surface area contributed by atoms with E-state index in [1.165, 1.54) is 42.8 Å². The molecule has 24 heavy (non-hydrogen) atoms. The lowest BCUT2D eigenvalue weighted by Crippen LogP contribution is -2.43. The molecule has 4 rings (SSSR count). The van der Waals surface area contributed by atoms with Crippen LogP contribution in [0.1, 0.15) is 48.7 Å². The topological polar surface area (TPSA) is 43.2 Å². The minimum Gasteiger partial charge on any atom is -0.374 e. The number of thiazole rings is 1. The molecule has 1 aliphatic carbocycles. The van der Waals surface area contributed by atoms with E-state index >= 15 is 0 Å². The van der Waals surface area contributed by atoms with Gasteiger partial charge < -0.3 is 4.74 Å². The van der Waals surface area contributed by atoms with Crippen LogP contribution in [-0.2, 0) is 17.8 Å². The van der Waals surface area contributed by atoms with Gasteiger partial charge in [-0.25, -0.2) is 4.98 Å². The Labute approximate surface area is 147 Å². The fraction of sp³-hybridized carbons (Fsp3) is 0.667. The number of ether oxygens (including phenoxy) is 1. The van der Waals surface area contributed by atoms with Gasteiger partial charge in [-0.15, -0.1) is 11.3 Å². The van der Waals surface area contributed by atoms with Crippen LogP contribution in [0.3, 0.4) is 0 Å². The van der Waals surface area contributed by atoms with Crippen LogP contribution in [0, 0.1) is 0 Å². The van der Waals surface area contributed by atoms with Gasteiger partial charge in [-0.3, -0.25) is 9.58 Å². The van der Waals surface area contributed by atoms with Crippen molar-refractivity contribution in [2.75, 3.05) is 19.7 Å². The predicted octanol–water partition coefficient (Wildman–Crippen LogP) is 3.29. The Morgan fingerprint density at radius 1 is 1.25 bits per heavy atom. The van der Waals surface area contributed by atoms with Crippen LogP contribution in [0.5, 0.6) is 0 Å². The maximum absolute atomic E-state index is 5.90. The summed E-state index contributed by atoms with van der Waals surface area (Å²) >= 11 is 1.87. The summed E-state index contributed by atoms with van der Waals surface area (Å²) in [5.74, 6) is 0.717. The SMILES string of the molecule is c1cnn(C[C@H]2CN(Cc3csc(C4CCCCC4)n3)CCO2)c1. The first-order valence-corrected chi connectivity index (χ1v) is 10.0. The lowest BCUT2D eigenvalue weighted by molar-refractivity contribution is -0.0405. The Balaban J connectivity index is 1.32. The summed E-state index contributed by atoms with van der Waals surface area (Å²) < 4.78 is 7.86. The monoisotopic (exact) mass is 346 g/mol. The van der Waals surface area contributed by atoms with E-state index in [1.54, 1.807) is 0 Å². The highest BCUT2D eigenvalue weighted by molar-refractivity contribution is 7.09. The molecule has 0 unspecified atom stereocenters. The zero-order valence-corrected chi connectivity index (χ0v) is 15.0. The largest absolute Gasteiger partial charge is 0.374 e. The predicted molar refractivity (Wildman–Crippen MR) is 95.2 cm³/mol. The Morgan fingerprint density at radius 2 is 2.17 bits per heavy atom. The van der Waals surface area contributed by atoms with E-state index in [0.29, 0.717) is 0 Å². The lowest BCUT2D eigenvalue weighted by atomic mass is 9.90. The summed E-state index contributed by atoms with van der Waals surface area (Å²) in [5, 5.41) is 7.91. The fourth-order valence-corrected chi connectivity index (χ4v) is 4.80. The van der Waals surface area contributed by atoms with Crippen molar-refractivity contribution >= 4 is 11.3 Å². The number of rotatable bonds is 5. The molecule has 1 saturated carbocycles. The zero-order valence-electron chi connectivity index (χ0n) is 14.1. The molecular formula is C18H26N4OS. The molecule has 0 radical (unpaired) electrons. The standard InChI is InChI=1S/C18H26N4OS/c1-2-5-15(6-3-1)18-20-16(14-24-18)11-21-9-10-23-17(12-21)13-22-8-4-7-19-22/h4,7-8,14-15,17H,1-3,5-6,9-13H2/t17-/m1/s1. The van der Waals surface area contributed by atoms with Gasteiger partial charge in [0.2, 0.25) is 0 Å². The molecule has 2 aromatic heterocycles. The second-order valence-corrected chi connectivity index (χ2v) is 7.86. The van der Waals surface area contributed by atoms with Crippen LogP contribution in [0.25, 0.3) is 0 Å². The van der Waals surface area contributed by atoms with E-state index in [4.69, 9.17) is 9.72 Å². The summed E-state index contributed by atoms with van der Waals surface area (Å²) in [6.45, 7) is 4.52. The number of aromatic nitrogens is 3. The van der Waals surface area contributed by atoms with Crippen molar-refractivity contribution < 1.29 is 4.74 Å². The van der Waals surface area contributed by atoms with Crippen molar-refractivity contribution in [2.24, 2.45) is 0 Å². The Morgan fingerprint density at radius 3 is 3.00 bits per heavy atom. The molecule has 0 amide bonds. The summed E-state index contributed by atoms with van der Waals surface area (Å²) in [5.41, 5.74) is 1.24. The lowest BCUT2D eigenvalue weighted by Gasteiger charge is -2.32. The molecule has 2 aliphatic rings. The van der Waals surface area contributed by atoms with Gasteiger partial charge in [0, 0.05) is 43.3 Å². The molecular weight excluding hydrogens is 320 g/mol. The third kappa shape index (κ3) is 4.05. The zero-order chi connectivity index (χ0) is 16.2. The van der Waals surface area contributed by atoms with E-state index in [9.17, 15) is 0 Å². The first-order valence-electron chi connectivity index (χ1n) is 9.12. The molecule has 2 aromatic rings. The Hall–Kier alpha value is -1.24. The molecule has 130 valence electrons. The molecule has 1 atom stereocenters. The molecule has 0 aromatic carbocycles. The minimum atomic E-state index is 0.218. The van der Waals surface area contributed by atoms with Gasteiger partial charge in [0.25, 0.3) is 0 Å². The maximum atomic E-state index is 5.90. The molecule has 1 aliphatic heterocycles.